The summed E-state index contributed by atoms with van der Waals surface area (Å²) in [7, 11) is 0. The summed E-state index contributed by atoms with van der Waals surface area (Å²) < 4.78 is 4.83. The highest BCUT2D eigenvalue weighted by molar-refractivity contribution is 5.82. The van der Waals surface area contributed by atoms with Crippen LogP contribution in [0.25, 0.3) is 0 Å². The Morgan fingerprint density at radius 1 is 1.50 bits per heavy atom. The highest BCUT2D eigenvalue weighted by Crippen LogP contribution is 2.47. The molecule has 1 saturated carbocycles. The molecule has 0 aromatic heterocycles. The van der Waals surface area contributed by atoms with Gasteiger partial charge >= 0.3 is 5.97 Å². The Morgan fingerprint density at radius 2 is 2.17 bits per heavy atom. The molecule has 0 radical (unpaired) electrons. The summed E-state index contributed by atoms with van der Waals surface area (Å²) in [6.45, 7) is 4.16. The molecule has 3 nitrogen and oxygen atoms in total. The van der Waals surface area contributed by atoms with Crippen molar-refractivity contribution < 1.29 is 14.3 Å². The molecule has 1 fully saturated rings. The Morgan fingerprint density at radius 3 is 2.50 bits per heavy atom. The zero-order chi connectivity index (χ0) is 9.14. The fraction of sp³-hybridized carbons (Fsp3) is 0.778. The van der Waals surface area contributed by atoms with Crippen molar-refractivity contribution in [3.63, 3.8) is 0 Å². The van der Waals surface area contributed by atoms with Gasteiger partial charge in [-0.1, -0.05) is 13.3 Å². The average Bonchev–Trinajstić information content (AvgIpc) is 2.77. The number of rotatable bonds is 4. The van der Waals surface area contributed by atoms with E-state index in [1.165, 1.54) is 0 Å². The van der Waals surface area contributed by atoms with Crippen molar-refractivity contribution in [2.24, 2.45) is 17.8 Å². The van der Waals surface area contributed by atoms with Gasteiger partial charge in [0.2, 0.25) is 0 Å². The van der Waals surface area contributed by atoms with Crippen LogP contribution in [0.15, 0.2) is 0 Å². The van der Waals surface area contributed by atoms with E-state index in [2.05, 4.69) is 0 Å². The van der Waals surface area contributed by atoms with Crippen LogP contribution in [-0.2, 0) is 14.3 Å². The van der Waals surface area contributed by atoms with E-state index in [4.69, 9.17) is 4.74 Å². The lowest BCUT2D eigenvalue weighted by molar-refractivity contribution is -0.145. The van der Waals surface area contributed by atoms with Gasteiger partial charge in [-0.15, -0.1) is 0 Å². The van der Waals surface area contributed by atoms with Crippen LogP contribution in [0.3, 0.4) is 0 Å². The molecule has 0 saturated heterocycles. The van der Waals surface area contributed by atoms with Crippen molar-refractivity contribution in [2.75, 3.05) is 6.61 Å². The zero-order valence-corrected chi connectivity index (χ0v) is 7.45. The molecule has 0 aliphatic heterocycles. The molecular formula is C9H14O3. The maximum atomic E-state index is 11.2. The maximum absolute atomic E-state index is 11.2. The van der Waals surface area contributed by atoms with Crippen LogP contribution in [0.4, 0.5) is 0 Å². The first kappa shape index (κ1) is 9.23. The molecule has 1 rings (SSSR count). The maximum Gasteiger partial charge on any atom is 0.309 e. The molecule has 0 heterocycles. The van der Waals surface area contributed by atoms with Gasteiger partial charge in [-0.3, -0.25) is 4.79 Å². The smallest absolute Gasteiger partial charge is 0.309 e. The standard InChI is InChI=1S/C9H14O3/c1-3-6-7(5-10)8(6)9(11)12-4-2/h5-8H,3-4H2,1-2H3. The Bertz CT molecular complexity index is 188. The lowest BCUT2D eigenvalue weighted by Crippen LogP contribution is -2.08. The number of hydrogen-bond acceptors (Lipinski definition) is 3. The number of carbonyl (C=O) groups excluding carboxylic acids is 2. The minimum atomic E-state index is -0.207. The number of hydrogen-bond donors (Lipinski definition) is 0. The Hall–Kier alpha value is -0.860. The molecule has 3 atom stereocenters. The monoisotopic (exact) mass is 170 g/mol. The van der Waals surface area contributed by atoms with E-state index in [0.29, 0.717) is 6.61 Å². The number of aldehydes is 1. The van der Waals surface area contributed by atoms with Crippen LogP contribution in [0, 0.1) is 17.8 Å². The van der Waals surface area contributed by atoms with Crippen LogP contribution >= 0.6 is 0 Å². The number of ether oxygens (including phenoxy) is 1. The normalized spacial score (nSPS) is 32.7. The van der Waals surface area contributed by atoms with Crippen molar-refractivity contribution in [1.29, 1.82) is 0 Å². The molecule has 0 spiro atoms. The second kappa shape index (κ2) is 3.70. The molecule has 0 aromatic carbocycles. The molecule has 0 aromatic rings. The summed E-state index contributed by atoms with van der Waals surface area (Å²) in [5, 5.41) is 0. The predicted molar refractivity (Wildman–Crippen MR) is 43.5 cm³/mol. The van der Waals surface area contributed by atoms with Crippen LogP contribution in [-0.4, -0.2) is 18.9 Å². The first-order valence-corrected chi connectivity index (χ1v) is 4.38. The second-order valence-corrected chi connectivity index (χ2v) is 3.06. The third-order valence-electron chi connectivity index (χ3n) is 2.42. The predicted octanol–water partition coefficient (Wildman–Crippen LogP) is 1.02. The number of esters is 1. The van der Waals surface area contributed by atoms with Gasteiger partial charge in [-0.2, -0.15) is 0 Å². The summed E-state index contributed by atoms with van der Waals surface area (Å²) in [6.07, 6.45) is 1.75. The van der Waals surface area contributed by atoms with Crippen molar-refractivity contribution >= 4 is 12.3 Å². The third kappa shape index (κ3) is 1.49. The molecule has 0 N–H and O–H groups in total. The van der Waals surface area contributed by atoms with E-state index in [1.54, 1.807) is 6.92 Å². The number of carbonyl (C=O) groups is 2. The first-order valence-electron chi connectivity index (χ1n) is 4.38. The topological polar surface area (TPSA) is 43.4 Å². The summed E-state index contributed by atoms with van der Waals surface area (Å²) in [4.78, 5) is 21.6. The van der Waals surface area contributed by atoms with Gasteiger partial charge < -0.3 is 9.53 Å². The van der Waals surface area contributed by atoms with Crippen molar-refractivity contribution in [2.45, 2.75) is 20.3 Å². The van der Waals surface area contributed by atoms with Gasteiger partial charge in [0.05, 0.1) is 12.5 Å². The summed E-state index contributed by atoms with van der Waals surface area (Å²) >= 11 is 0. The van der Waals surface area contributed by atoms with E-state index in [-0.39, 0.29) is 23.7 Å². The lowest BCUT2D eigenvalue weighted by atomic mass is 10.2. The van der Waals surface area contributed by atoms with Gasteiger partial charge in [0, 0.05) is 5.92 Å². The molecule has 0 amide bonds. The van der Waals surface area contributed by atoms with Gasteiger partial charge in [0.1, 0.15) is 6.29 Å². The minimum Gasteiger partial charge on any atom is -0.466 e. The van der Waals surface area contributed by atoms with E-state index in [9.17, 15) is 9.59 Å². The molecule has 1 aliphatic carbocycles. The summed E-state index contributed by atoms with van der Waals surface area (Å²) in [5.41, 5.74) is 0. The van der Waals surface area contributed by atoms with Crippen LogP contribution in [0.2, 0.25) is 0 Å². The molecule has 1 aliphatic rings. The van der Waals surface area contributed by atoms with Crippen molar-refractivity contribution in [3.05, 3.63) is 0 Å². The van der Waals surface area contributed by atoms with E-state index < -0.39 is 0 Å². The Kier molecular flexibility index (Phi) is 2.84. The van der Waals surface area contributed by atoms with Crippen LogP contribution in [0.5, 0.6) is 0 Å². The Balaban J connectivity index is 2.44. The second-order valence-electron chi connectivity index (χ2n) is 3.06. The zero-order valence-electron chi connectivity index (χ0n) is 7.45. The minimum absolute atomic E-state index is 0.0750. The average molecular weight is 170 g/mol. The van der Waals surface area contributed by atoms with Crippen molar-refractivity contribution in [3.8, 4) is 0 Å². The van der Waals surface area contributed by atoms with Crippen molar-refractivity contribution in [1.82, 2.24) is 0 Å². The largest absolute Gasteiger partial charge is 0.466 e. The first-order chi connectivity index (χ1) is 5.76. The summed E-state index contributed by atoms with van der Waals surface area (Å²) in [6, 6.07) is 0. The molecule has 68 valence electrons. The Labute approximate surface area is 72.1 Å². The van der Waals surface area contributed by atoms with Gasteiger partial charge in [-0.25, -0.2) is 0 Å². The molecule has 0 bridgehead atoms. The van der Waals surface area contributed by atoms with Gasteiger partial charge in [-0.05, 0) is 12.8 Å². The fourth-order valence-electron chi connectivity index (χ4n) is 1.68. The molecule has 3 unspecified atom stereocenters. The lowest BCUT2D eigenvalue weighted by Gasteiger charge is -1.98. The molecule has 12 heavy (non-hydrogen) atoms. The highest BCUT2D eigenvalue weighted by Gasteiger charge is 2.54. The fourth-order valence-corrected chi connectivity index (χ4v) is 1.68. The SMILES string of the molecule is CCOC(=O)C1C(C=O)C1CC. The molecule has 3 heteroatoms. The van der Waals surface area contributed by atoms with Crippen LogP contribution in [0.1, 0.15) is 20.3 Å². The van der Waals surface area contributed by atoms with Crippen LogP contribution < -0.4 is 0 Å². The van der Waals surface area contributed by atoms with E-state index in [1.807, 2.05) is 6.92 Å². The summed E-state index contributed by atoms with van der Waals surface area (Å²) in [5.74, 6) is -0.190. The van der Waals surface area contributed by atoms with E-state index >= 15 is 0 Å². The quantitative estimate of drug-likeness (QED) is 0.467. The highest BCUT2D eigenvalue weighted by atomic mass is 16.5. The van der Waals surface area contributed by atoms with Gasteiger partial charge in [0.25, 0.3) is 0 Å². The molecular weight excluding hydrogens is 156 g/mol. The van der Waals surface area contributed by atoms with E-state index in [0.717, 1.165) is 12.7 Å². The van der Waals surface area contributed by atoms with Gasteiger partial charge in [0.15, 0.2) is 0 Å². The third-order valence-corrected chi connectivity index (χ3v) is 2.42.